The second kappa shape index (κ2) is 8.10. The van der Waals surface area contributed by atoms with Crippen molar-refractivity contribution in [2.75, 3.05) is 11.9 Å². The van der Waals surface area contributed by atoms with E-state index in [1.807, 2.05) is 0 Å². The van der Waals surface area contributed by atoms with E-state index < -0.39 is 0 Å². The predicted molar refractivity (Wildman–Crippen MR) is 102 cm³/mol. The summed E-state index contributed by atoms with van der Waals surface area (Å²) in [5.74, 6) is 0.322. The second-order valence-corrected chi connectivity index (χ2v) is 6.37. The molecule has 1 aromatic carbocycles. The predicted octanol–water partition coefficient (Wildman–Crippen LogP) is 3.31. The number of unbranched alkanes of at least 4 members (excludes halogenated alkanes) is 2. The van der Waals surface area contributed by atoms with Crippen molar-refractivity contribution in [3.63, 3.8) is 0 Å². The molecule has 2 aliphatic rings. The molecule has 3 N–H and O–H groups in total. The van der Waals surface area contributed by atoms with E-state index in [-0.39, 0.29) is 17.8 Å². The highest BCUT2D eigenvalue weighted by Gasteiger charge is 2.15. The Morgan fingerprint density at radius 1 is 1.23 bits per heavy atom. The van der Waals surface area contributed by atoms with Gasteiger partial charge in [0.1, 0.15) is 11.2 Å². The molecule has 1 heterocycles. The fraction of sp³-hybridized carbons (Fsp3) is 0.350. The van der Waals surface area contributed by atoms with Crippen molar-refractivity contribution in [3.8, 4) is 11.5 Å². The van der Waals surface area contributed by atoms with Gasteiger partial charge in [-0.05, 0) is 36.6 Å². The van der Waals surface area contributed by atoms with E-state index in [9.17, 15) is 9.59 Å². The maximum Gasteiger partial charge on any atom is 0.225 e. The van der Waals surface area contributed by atoms with Crippen molar-refractivity contribution in [2.24, 2.45) is 5.73 Å². The summed E-state index contributed by atoms with van der Waals surface area (Å²) >= 11 is 0. The van der Waals surface area contributed by atoms with Gasteiger partial charge in [-0.25, -0.2) is 4.98 Å². The molecule has 3 rings (SSSR count). The summed E-state index contributed by atoms with van der Waals surface area (Å²) < 4.78 is 5.92. The lowest BCUT2D eigenvalue weighted by Gasteiger charge is -2.12. The molecule has 0 atom stereocenters. The molecule has 0 saturated carbocycles. The van der Waals surface area contributed by atoms with Crippen LogP contribution in [0.25, 0.3) is 22.6 Å². The summed E-state index contributed by atoms with van der Waals surface area (Å²) in [5.41, 5.74) is 8.78. The summed E-state index contributed by atoms with van der Waals surface area (Å²) in [6.07, 6.45) is 4.31. The minimum atomic E-state index is -0.152. The third-order valence-electron chi connectivity index (χ3n) is 4.24. The number of nitrogens with two attached hydrogens (primary N) is 1. The minimum absolute atomic E-state index is 0.0821. The molecule has 26 heavy (non-hydrogen) atoms. The molecule has 6 nitrogen and oxygen atoms in total. The van der Waals surface area contributed by atoms with Crippen molar-refractivity contribution in [2.45, 2.75) is 39.0 Å². The van der Waals surface area contributed by atoms with Crippen LogP contribution >= 0.6 is 0 Å². The van der Waals surface area contributed by atoms with Crippen LogP contribution in [-0.2, 0) is 11.2 Å². The Labute approximate surface area is 151 Å². The molecular formula is C20H23N3O3. The number of anilines is 1. The van der Waals surface area contributed by atoms with Gasteiger partial charge in [-0.2, -0.15) is 0 Å². The van der Waals surface area contributed by atoms with Gasteiger partial charge in [-0.1, -0.05) is 19.8 Å². The van der Waals surface area contributed by atoms with E-state index in [2.05, 4.69) is 17.2 Å². The Morgan fingerprint density at radius 2 is 2.08 bits per heavy atom. The Kier molecular flexibility index (Phi) is 5.63. The van der Waals surface area contributed by atoms with Gasteiger partial charge in [-0.15, -0.1) is 0 Å². The summed E-state index contributed by atoms with van der Waals surface area (Å²) in [4.78, 5) is 28.4. The average Bonchev–Trinajstić information content (AvgIpc) is 2.60. The number of carbonyl (C=O) groups is 1. The fourth-order valence-corrected chi connectivity index (χ4v) is 2.96. The van der Waals surface area contributed by atoms with E-state index in [4.69, 9.17) is 10.2 Å². The number of fused-ring (bicyclic) bond motifs is 2. The molecular weight excluding hydrogens is 330 g/mol. The first-order valence-electron chi connectivity index (χ1n) is 8.98. The number of amides is 1. The normalized spacial score (nSPS) is 11.2. The van der Waals surface area contributed by atoms with Crippen molar-refractivity contribution in [1.82, 2.24) is 4.98 Å². The lowest BCUT2D eigenvalue weighted by atomic mass is 10.0. The number of nitrogens with zero attached hydrogens (tertiary/aromatic N) is 1. The number of carbonyl (C=O) groups excluding carboxylic acids is 1. The highest BCUT2D eigenvalue weighted by atomic mass is 16.3. The number of rotatable bonds is 7. The maximum atomic E-state index is 12.0. The van der Waals surface area contributed by atoms with Crippen LogP contribution in [-0.4, -0.2) is 17.4 Å². The first-order chi connectivity index (χ1) is 12.6. The molecule has 0 fully saturated rings. The van der Waals surface area contributed by atoms with E-state index >= 15 is 0 Å². The van der Waals surface area contributed by atoms with Crippen LogP contribution in [0.2, 0.25) is 0 Å². The number of aromatic nitrogens is 1. The lowest BCUT2D eigenvalue weighted by molar-refractivity contribution is -0.116. The number of nitrogens with one attached hydrogen (secondary N) is 1. The van der Waals surface area contributed by atoms with Gasteiger partial charge in [0.15, 0.2) is 16.8 Å². The van der Waals surface area contributed by atoms with Gasteiger partial charge in [0.25, 0.3) is 0 Å². The van der Waals surface area contributed by atoms with E-state index in [0.717, 1.165) is 36.9 Å². The molecule has 1 aliphatic heterocycles. The number of hydrogen-bond donors (Lipinski definition) is 2. The third-order valence-corrected chi connectivity index (χ3v) is 4.24. The maximum absolute atomic E-state index is 12.0. The van der Waals surface area contributed by atoms with Gasteiger partial charge >= 0.3 is 0 Å². The monoisotopic (exact) mass is 353 g/mol. The Hall–Kier alpha value is -2.73. The highest BCUT2D eigenvalue weighted by molar-refractivity contribution is 5.93. The molecule has 136 valence electrons. The Bertz CT molecular complexity index is 949. The van der Waals surface area contributed by atoms with Crippen molar-refractivity contribution in [1.29, 1.82) is 0 Å². The third kappa shape index (κ3) is 4.08. The molecule has 1 amide bonds. The summed E-state index contributed by atoms with van der Waals surface area (Å²) in [5, 5.41) is 2.77. The topological polar surface area (TPSA) is 98.2 Å². The van der Waals surface area contributed by atoms with Gasteiger partial charge < -0.3 is 15.5 Å². The van der Waals surface area contributed by atoms with Crippen LogP contribution in [0.5, 0.6) is 0 Å². The van der Waals surface area contributed by atoms with E-state index in [1.165, 1.54) is 6.07 Å². The molecule has 0 aromatic heterocycles. The summed E-state index contributed by atoms with van der Waals surface area (Å²) in [7, 11) is 0. The Balaban J connectivity index is 1.99. The molecule has 0 spiro atoms. The first kappa shape index (κ1) is 18.1. The zero-order valence-corrected chi connectivity index (χ0v) is 14.9. The molecule has 0 bridgehead atoms. The Morgan fingerprint density at radius 3 is 2.85 bits per heavy atom. The number of aryl methyl sites for hydroxylation is 1. The van der Waals surface area contributed by atoms with Gasteiger partial charge in [0.2, 0.25) is 5.91 Å². The van der Waals surface area contributed by atoms with Crippen LogP contribution < -0.4 is 16.5 Å². The molecule has 0 radical (unpaired) electrons. The molecule has 0 saturated heterocycles. The lowest BCUT2D eigenvalue weighted by Crippen LogP contribution is -2.16. The zero-order valence-electron chi connectivity index (χ0n) is 14.9. The van der Waals surface area contributed by atoms with Gasteiger partial charge in [-0.3, -0.25) is 9.59 Å². The highest BCUT2D eigenvalue weighted by Crippen LogP contribution is 2.29. The van der Waals surface area contributed by atoms with Gasteiger partial charge in [0, 0.05) is 30.8 Å². The number of hydrogen-bond acceptors (Lipinski definition) is 5. The average molecular weight is 353 g/mol. The molecule has 1 aliphatic carbocycles. The van der Waals surface area contributed by atoms with Crippen molar-refractivity contribution >= 4 is 22.7 Å². The van der Waals surface area contributed by atoms with Crippen LogP contribution in [0.1, 0.15) is 38.2 Å². The van der Waals surface area contributed by atoms with Crippen LogP contribution in [0.3, 0.4) is 0 Å². The van der Waals surface area contributed by atoms with Crippen molar-refractivity contribution in [3.05, 3.63) is 46.1 Å². The minimum Gasteiger partial charge on any atom is -0.453 e. The fourth-order valence-electron chi connectivity index (χ4n) is 2.96. The summed E-state index contributed by atoms with van der Waals surface area (Å²) in [6, 6.07) is 8.41. The van der Waals surface area contributed by atoms with Crippen molar-refractivity contribution < 1.29 is 9.21 Å². The standard InChI is InChI=1S/C20H23N3O3/c1-2-3-4-5-13-10-15(24)12-18-20(13)23-16-7-6-14(11-17(16)26-18)22-19(25)8-9-21/h6-7,10-12H,2-5,8-9,21H2,1H3,(H,22,25). The van der Waals surface area contributed by atoms with Gasteiger partial charge in [0.05, 0.1) is 0 Å². The smallest absolute Gasteiger partial charge is 0.225 e. The largest absolute Gasteiger partial charge is 0.453 e. The van der Waals surface area contributed by atoms with E-state index in [1.54, 1.807) is 24.3 Å². The van der Waals surface area contributed by atoms with E-state index in [0.29, 0.717) is 29.1 Å². The van der Waals surface area contributed by atoms with Crippen LogP contribution in [0, 0.1) is 0 Å². The molecule has 0 unspecified atom stereocenters. The number of benzene rings is 2. The molecule has 1 aromatic rings. The molecule has 6 heteroatoms. The SMILES string of the molecule is CCCCCc1cc(=O)cc2oc3cc(NC(=O)CCN)ccc3nc1-2. The summed E-state index contributed by atoms with van der Waals surface area (Å²) in [6.45, 7) is 2.44. The second-order valence-electron chi connectivity index (χ2n) is 6.37. The zero-order chi connectivity index (χ0) is 18.5. The first-order valence-corrected chi connectivity index (χ1v) is 8.98. The quantitative estimate of drug-likeness (QED) is 0.501. The van der Waals surface area contributed by atoms with Crippen LogP contribution in [0.4, 0.5) is 5.69 Å². The van der Waals surface area contributed by atoms with Crippen LogP contribution in [0.15, 0.2) is 39.5 Å².